The third kappa shape index (κ3) is 6.91. The van der Waals surface area contributed by atoms with Crippen molar-refractivity contribution in [2.45, 2.75) is 6.92 Å². The van der Waals surface area contributed by atoms with Crippen molar-refractivity contribution < 1.29 is 28.2 Å². The lowest BCUT2D eigenvalue weighted by molar-refractivity contribution is -0.128. The van der Waals surface area contributed by atoms with Gasteiger partial charge in [0.25, 0.3) is 11.8 Å². The maximum absolute atomic E-state index is 12.8. The van der Waals surface area contributed by atoms with Gasteiger partial charge in [-0.1, -0.05) is 12.1 Å². The molecule has 0 atom stereocenters. The summed E-state index contributed by atoms with van der Waals surface area (Å²) in [5.74, 6) is -1.56. The van der Waals surface area contributed by atoms with Gasteiger partial charge in [-0.2, -0.15) is 0 Å². The standard InChI is InChI=1S/C20H19FN2O5/c1-2-27-20(26)15-6-10-17(11-7-15)28-13-19(25)23-22-18(24)12-5-14-3-8-16(21)9-4-14/h3-12H,2,13H2,1H3,(H,22,24)(H,23,25). The summed E-state index contributed by atoms with van der Waals surface area (Å²) in [6.07, 6.45) is 2.67. The van der Waals surface area contributed by atoms with Crippen LogP contribution in [-0.2, 0) is 14.3 Å². The van der Waals surface area contributed by atoms with Crippen molar-refractivity contribution in [2.24, 2.45) is 0 Å². The van der Waals surface area contributed by atoms with E-state index in [4.69, 9.17) is 9.47 Å². The van der Waals surface area contributed by atoms with Gasteiger partial charge in [0.05, 0.1) is 12.2 Å². The molecule has 0 spiro atoms. The van der Waals surface area contributed by atoms with E-state index < -0.39 is 17.8 Å². The Bertz CT molecular complexity index is 848. The van der Waals surface area contributed by atoms with E-state index in [1.54, 1.807) is 6.92 Å². The van der Waals surface area contributed by atoms with Crippen molar-refractivity contribution >= 4 is 23.9 Å². The molecule has 146 valence electrons. The molecule has 8 heteroatoms. The summed E-state index contributed by atoms with van der Waals surface area (Å²) in [6, 6.07) is 11.7. The fraction of sp³-hybridized carbons (Fsp3) is 0.150. The molecule has 0 aliphatic carbocycles. The number of amides is 2. The van der Waals surface area contributed by atoms with Gasteiger partial charge < -0.3 is 9.47 Å². The second-order valence-electron chi connectivity index (χ2n) is 5.46. The molecule has 28 heavy (non-hydrogen) atoms. The van der Waals surface area contributed by atoms with Gasteiger partial charge in [-0.25, -0.2) is 9.18 Å². The van der Waals surface area contributed by atoms with Crippen LogP contribution in [0.15, 0.2) is 54.6 Å². The normalized spacial score (nSPS) is 10.4. The maximum atomic E-state index is 12.8. The molecule has 2 rings (SSSR count). The van der Waals surface area contributed by atoms with E-state index >= 15 is 0 Å². The van der Waals surface area contributed by atoms with Crippen LogP contribution >= 0.6 is 0 Å². The monoisotopic (exact) mass is 386 g/mol. The molecule has 0 aliphatic heterocycles. The van der Waals surface area contributed by atoms with E-state index in [9.17, 15) is 18.8 Å². The SMILES string of the molecule is CCOC(=O)c1ccc(OCC(=O)NNC(=O)C=Cc2ccc(F)cc2)cc1. The highest BCUT2D eigenvalue weighted by atomic mass is 19.1. The van der Waals surface area contributed by atoms with Crippen LogP contribution in [0.4, 0.5) is 4.39 Å². The molecule has 2 N–H and O–H groups in total. The van der Waals surface area contributed by atoms with Crippen molar-refractivity contribution in [1.29, 1.82) is 0 Å². The van der Waals surface area contributed by atoms with Gasteiger partial charge in [0.1, 0.15) is 11.6 Å². The molecule has 0 bridgehead atoms. The van der Waals surface area contributed by atoms with Crippen LogP contribution in [-0.4, -0.2) is 31.0 Å². The predicted octanol–water partition coefficient (Wildman–Crippen LogP) is 2.24. The van der Waals surface area contributed by atoms with Gasteiger partial charge in [-0.3, -0.25) is 20.4 Å². The first-order valence-corrected chi connectivity index (χ1v) is 8.40. The molecule has 7 nitrogen and oxygen atoms in total. The van der Waals surface area contributed by atoms with E-state index in [2.05, 4.69) is 10.9 Å². The largest absolute Gasteiger partial charge is 0.484 e. The highest BCUT2D eigenvalue weighted by Crippen LogP contribution is 2.12. The molecule has 2 amide bonds. The average Bonchev–Trinajstić information content (AvgIpc) is 2.71. The number of benzene rings is 2. The zero-order valence-corrected chi connectivity index (χ0v) is 15.1. The Hall–Kier alpha value is -3.68. The number of ether oxygens (including phenoxy) is 2. The molecular weight excluding hydrogens is 367 g/mol. The summed E-state index contributed by atoms with van der Waals surface area (Å²) in [5.41, 5.74) is 5.40. The van der Waals surface area contributed by atoms with Crippen molar-refractivity contribution in [1.82, 2.24) is 10.9 Å². The molecule has 0 aliphatic rings. The van der Waals surface area contributed by atoms with Crippen molar-refractivity contribution in [3.63, 3.8) is 0 Å². The van der Waals surface area contributed by atoms with Crippen LogP contribution in [0.2, 0.25) is 0 Å². The number of hydrazine groups is 1. The van der Waals surface area contributed by atoms with Gasteiger partial charge in [-0.15, -0.1) is 0 Å². The summed E-state index contributed by atoms with van der Waals surface area (Å²) in [7, 11) is 0. The zero-order valence-electron chi connectivity index (χ0n) is 15.1. The molecule has 0 saturated carbocycles. The first-order valence-electron chi connectivity index (χ1n) is 8.40. The number of nitrogens with one attached hydrogen (secondary N) is 2. The number of carbonyl (C=O) groups excluding carboxylic acids is 3. The van der Waals surface area contributed by atoms with Crippen LogP contribution in [0.3, 0.4) is 0 Å². The second kappa shape index (κ2) is 10.5. The summed E-state index contributed by atoms with van der Waals surface area (Å²) < 4.78 is 22.9. The molecule has 2 aromatic carbocycles. The van der Waals surface area contributed by atoms with Gasteiger partial charge in [-0.05, 0) is 55.0 Å². The molecule has 0 unspecified atom stereocenters. The number of hydrogen-bond acceptors (Lipinski definition) is 5. The highest BCUT2D eigenvalue weighted by molar-refractivity contribution is 5.93. The van der Waals surface area contributed by atoms with Crippen LogP contribution in [0.5, 0.6) is 5.75 Å². The number of carbonyl (C=O) groups is 3. The lowest BCUT2D eigenvalue weighted by atomic mass is 10.2. The zero-order chi connectivity index (χ0) is 20.4. The maximum Gasteiger partial charge on any atom is 0.338 e. The predicted molar refractivity (Wildman–Crippen MR) is 99.6 cm³/mol. The van der Waals surface area contributed by atoms with Crippen LogP contribution in [0.1, 0.15) is 22.8 Å². The Morgan fingerprint density at radius 2 is 1.68 bits per heavy atom. The van der Waals surface area contributed by atoms with Crippen LogP contribution in [0, 0.1) is 5.82 Å². The lowest BCUT2D eigenvalue weighted by Crippen LogP contribution is -2.43. The Morgan fingerprint density at radius 1 is 1.00 bits per heavy atom. The molecule has 0 saturated heterocycles. The van der Waals surface area contributed by atoms with E-state index in [0.717, 1.165) is 0 Å². The molecule has 0 aromatic heterocycles. The van der Waals surface area contributed by atoms with Gasteiger partial charge in [0.2, 0.25) is 0 Å². The van der Waals surface area contributed by atoms with Crippen molar-refractivity contribution in [3.05, 3.63) is 71.6 Å². The minimum atomic E-state index is -0.571. The highest BCUT2D eigenvalue weighted by Gasteiger charge is 2.07. The first kappa shape index (κ1) is 20.6. The molecular formula is C20H19FN2O5. The second-order valence-corrected chi connectivity index (χ2v) is 5.46. The van der Waals surface area contributed by atoms with Gasteiger partial charge in [0, 0.05) is 6.08 Å². The Morgan fingerprint density at radius 3 is 2.32 bits per heavy atom. The number of halogens is 1. The number of esters is 1. The minimum Gasteiger partial charge on any atom is -0.484 e. The lowest BCUT2D eigenvalue weighted by Gasteiger charge is -2.08. The third-order valence-corrected chi connectivity index (χ3v) is 3.36. The number of rotatable bonds is 7. The van der Waals surface area contributed by atoms with E-state index in [1.165, 1.54) is 60.7 Å². The molecule has 2 aromatic rings. The van der Waals surface area contributed by atoms with Gasteiger partial charge >= 0.3 is 5.97 Å². The van der Waals surface area contributed by atoms with Crippen molar-refractivity contribution in [3.8, 4) is 5.75 Å². The summed E-state index contributed by atoms with van der Waals surface area (Å²) in [4.78, 5) is 34.9. The average molecular weight is 386 g/mol. The fourth-order valence-corrected chi connectivity index (χ4v) is 2.01. The van der Waals surface area contributed by atoms with E-state index in [-0.39, 0.29) is 19.0 Å². The number of hydrogen-bond donors (Lipinski definition) is 2. The van der Waals surface area contributed by atoms with Gasteiger partial charge in [0.15, 0.2) is 6.61 Å². The van der Waals surface area contributed by atoms with E-state index in [0.29, 0.717) is 16.9 Å². The van der Waals surface area contributed by atoms with Crippen LogP contribution in [0.25, 0.3) is 6.08 Å². The molecule has 0 fully saturated rings. The third-order valence-electron chi connectivity index (χ3n) is 3.36. The fourth-order valence-electron chi connectivity index (χ4n) is 2.01. The summed E-state index contributed by atoms with van der Waals surface area (Å²) >= 11 is 0. The summed E-state index contributed by atoms with van der Waals surface area (Å²) in [5, 5.41) is 0. The Labute approximate surface area is 161 Å². The topological polar surface area (TPSA) is 93.7 Å². The molecule has 0 heterocycles. The first-order chi connectivity index (χ1) is 13.5. The Balaban J connectivity index is 1.72. The Kier molecular flexibility index (Phi) is 7.71. The smallest absolute Gasteiger partial charge is 0.338 e. The quantitative estimate of drug-likeness (QED) is 0.432. The minimum absolute atomic E-state index is 0.280. The molecule has 0 radical (unpaired) electrons. The van der Waals surface area contributed by atoms with Crippen LogP contribution < -0.4 is 15.6 Å². The van der Waals surface area contributed by atoms with E-state index in [1.807, 2.05) is 0 Å². The van der Waals surface area contributed by atoms with Crippen molar-refractivity contribution in [2.75, 3.05) is 13.2 Å². The summed E-state index contributed by atoms with van der Waals surface area (Å²) in [6.45, 7) is 1.66.